The number of nitrogens with one attached hydrogen (secondary N) is 1. The van der Waals surface area contributed by atoms with Crippen molar-refractivity contribution in [2.24, 2.45) is 7.05 Å². The lowest BCUT2D eigenvalue weighted by Gasteiger charge is -2.11. The molecule has 0 aliphatic carbocycles. The third kappa shape index (κ3) is 4.74. The molecule has 0 saturated heterocycles. The van der Waals surface area contributed by atoms with E-state index in [1.807, 2.05) is 0 Å². The fourth-order valence-electron chi connectivity index (χ4n) is 2.93. The predicted octanol–water partition coefficient (Wildman–Crippen LogP) is 3.18. The molecule has 29 heavy (non-hydrogen) atoms. The van der Waals surface area contributed by atoms with Crippen molar-refractivity contribution >= 4 is 16.9 Å². The molecule has 3 rings (SSSR count). The zero-order valence-corrected chi connectivity index (χ0v) is 15.7. The van der Waals surface area contributed by atoms with Crippen molar-refractivity contribution in [1.29, 1.82) is 0 Å². The van der Waals surface area contributed by atoms with Gasteiger partial charge in [-0.1, -0.05) is 18.2 Å². The number of nitrogens with zero attached hydrogens (tertiary/aromatic N) is 2. The highest BCUT2D eigenvalue weighted by molar-refractivity contribution is 5.82. The van der Waals surface area contributed by atoms with E-state index in [9.17, 15) is 22.8 Å². The number of alkyl halides is 3. The van der Waals surface area contributed by atoms with Gasteiger partial charge in [0.1, 0.15) is 11.4 Å². The summed E-state index contributed by atoms with van der Waals surface area (Å²) in [6.45, 7) is 0. The molecule has 3 aromatic rings. The smallest absolute Gasteiger partial charge is 0.406 e. The Balaban J connectivity index is 1.93. The summed E-state index contributed by atoms with van der Waals surface area (Å²) in [7, 11) is 3.14. The van der Waals surface area contributed by atoms with Crippen molar-refractivity contribution in [2.45, 2.75) is 19.2 Å². The van der Waals surface area contributed by atoms with Crippen LogP contribution in [0.1, 0.15) is 12.1 Å². The van der Waals surface area contributed by atoms with Crippen LogP contribution in [0.25, 0.3) is 22.2 Å². The second kappa shape index (κ2) is 7.94. The Morgan fingerprint density at radius 1 is 1.14 bits per heavy atom. The number of aryl methyl sites for hydroxylation is 2. The number of amides is 1. The van der Waals surface area contributed by atoms with Crippen LogP contribution in [0.2, 0.25) is 0 Å². The molecule has 1 N–H and O–H groups in total. The average Bonchev–Trinajstić information content (AvgIpc) is 2.68. The van der Waals surface area contributed by atoms with Gasteiger partial charge in [0.2, 0.25) is 5.91 Å². The van der Waals surface area contributed by atoms with Crippen LogP contribution >= 0.6 is 0 Å². The van der Waals surface area contributed by atoms with E-state index in [0.717, 1.165) is 0 Å². The number of hydrogen-bond donors (Lipinski definition) is 1. The lowest BCUT2D eigenvalue weighted by Crippen LogP contribution is -2.25. The summed E-state index contributed by atoms with van der Waals surface area (Å²) in [5, 5.41) is 2.50. The number of carbonyl (C=O) groups is 1. The highest BCUT2D eigenvalue weighted by atomic mass is 19.4. The van der Waals surface area contributed by atoms with E-state index in [0.29, 0.717) is 27.9 Å². The summed E-state index contributed by atoms with van der Waals surface area (Å²) in [5.74, 6) is -0.487. The summed E-state index contributed by atoms with van der Waals surface area (Å²) < 4.78 is 42.2. The molecule has 0 fully saturated rings. The molecule has 1 aromatic heterocycles. The maximum atomic E-state index is 12.6. The number of hydrogen-bond acceptors (Lipinski definition) is 4. The zero-order valence-electron chi connectivity index (χ0n) is 15.7. The molecule has 0 bridgehead atoms. The summed E-state index contributed by atoms with van der Waals surface area (Å²) >= 11 is 0. The molecular formula is C20H18F3N3O3. The Labute approximate surface area is 163 Å². The molecule has 0 atom stereocenters. The molecule has 152 valence electrons. The molecule has 2 aromatic carbocycles. The number of ether oxygens (including phenoxy) is 1. The van der Waals surface area contributed by atoms with Gasteiger partial charge in [0, 0.05) is 26.9 Å². The molecular weight excluding hydrogens is 387 g/mol. The largest absolute Gasteiger partial charge is 0.573 e. The highest BCUT2D eigenvalue weighted by Gasteiger charge is 2.30. The van der Waals surface area contributed by atoms with Gasteiger partial charge in [0.25, 0.3) is 5.56 Å². The third-order valence-electron chi connectivity index (χ3n) is 4.43. The minimum Gasteiger partial charge on any atom is -0.406 e. The first-order chi connectivity index (χ1) is 13.7. The molecule has 9 heteroatoms. The summed E-state index contributed by atoms with van der Waals surface area (Å²) in [5.41, 5.74) is 2.53. The predicted molar refractivity (Wildman–Crippen MR) is 101 cm³/mol. The monoisotopic (exact) mass is 405 g/mol. The van der Waals surface area contributed by atoms with Gasteiger partial charge in [-0.15, -0.1) is 13.2 Å². The molecule has 6 nitrogen and oxygen atoms in total. The van der Waals surface area contributed by atoms with Crippen LogP contribution in [0, 0.1) is 0 Å². The van der Waals surface area contributed by atoms with E-state index in [1.54, 1.807) is 25.2 Å². The Morgan fingerprint density at radius 3 is 2.41 bits per heavy atom. The average molecular weight is 405 g/mol. The van der Waals surface area contributed by atoms with Gasteiger partial charge < -0.3 is 14.6 Å². The molecule has 0 unspecified atom stereocenters. The lowest BCUT2D eigenvalue weighted by molar-refractivity contribution is -0.274. The van der Waals surface area contributed by atoms with Gasteiger partial charge in [0.15, 0.2) is 0 Å². The third-order valence-corrected chi connectivity index (χ3v) is 4.43. The van der Waals surface area contributed by atoms with Crippen LogP contribution < -0.4 is 15.6 Å². The number of fused-ring (bicyclic) bond motifs is 1. The van der Waals surface area contributed by atoms with Gasteiger partial charge in [-0.3, -0.25) is 9.59 Å². The van der Waals surface area contributed by atoms with Crippen molar-refractivity contribution in [1.82, 2.24) is 14.9 Å². The SMILES string of the molecule is CNC(=O)CCc1nc2ccc(-c3ccc(OC(F)(F)F)cc3)cc2n(C)c1=O. The second-order valence-corrected chi connectivity index (χ2v) is 6.37. The van der Waals surface area contributed by atoms with Crippen molar-refractivity contribution < 1.29 is 22.7 Å². The van der Waals surface area contributed by atoms with Gasteiger partial charge in [-0.2, -0.15) is 0 Å². The van der Waals surface area contributed by atoms with Gasteiger partial charge >= 0.3 is 6.36 Å². The summed E-state index contributed by atoms with van der Waals surface area (Å²) in [4.78, 5) is 28.4. The normalized spacial score (nSPS) is 11.5. The van der Waals surface area contributed by atoms with E-state index in [1.165, 1.54) is 35.9 Å². The highest BCUT2D eigenvalue weighted by Crippen LogP contribution is 2.28. The van der Waals surface area contributed by atoms with E-state index in [2.05, 4.69) is 15.0 Å². The van der Waals surface area contributed by atoms with Crippen molar-refractivity contribution in [2.75, 3.05) is 7.05 Å². The number of benzene rings is 2. The first kappa shape index (κ1) is 20.4. The fraction of sp³-hybridized carbons (Fsp3) is 0.250. The lowest BCUT2D eigenvalue weighted by atomic mass is 10.0. The van der Waals surface area contributed by atoms with Crippen LogP contribution in [0.5, 0.6) is 5.75 Å². The standard InChI is InChI=1S/C20H18F3N3O3/c1-24-18(27)10-9-16-19(28)26(2)17-11-13(5-8-15(17)25-16)12-3-6-14(7-4-12)29-20(21,22)23/h3-8,11H,9-10H2,1-2H3,(H,24,27). The quantitative estimate of drug-likeness (QED) is 0.708. The first-order valence-corrected chi connectivity index (χ1v) is 8.74. The maximum Gasteiger partial charge on any atom is 0.573 e. The topological polar surface area (TPSA) is 73.2 Å². The Kier molecular flexibility index (Phi) is 5.58. The van der Waals surface area contributed by atoms with E-state index in [4.69, 9.17) is 0 Å². The second-order valence-electron chi connectivity index (χ2n) is 6.37. The molecule has 1 amide bonds. The Morgan fingerprint density at radius 2 is 1.79 bits per heavy atom. The van der Waals surface area contributed by atoms with E-state index in [-0.39, 0.29) is 30.1 Å². The zero-order chi connectivity index (χ0) is 21.2. The van der Waals surface area contributed by atoms with Gasteiger partial charge in [0.05, 0.1) is 11.0 Å². The minimum absolute atomic E-state index is 0.161. The van der Waals surface area contributed by atoms with Crippen LogP contribution in [0.4, 0.5) is 13.2 Å². The molecule has 0 saturated carbocycles. The Hall–Kier alpha value is -3.36. The fourth-order valence-corrected chi connectivity index (χ4v) is 2.93. The molecule has 1 heterocycles. The van der Waals surface area contributed by atoms with E-state index < -0.39 is 6.36 Å². The van der Waals surface area contributed by atoms with Crippen molar-refractivity contribution in [3.8, 4) is 16.9 Å². The van der Waals surface area contributed by atoms with Crippen LogP contribution in [0.15, 0.2) is 47.3 Å². The Bertz CT molecular complexity index is 1110. The molecule has 0 radical (unpaired) electrons. The number of rotatable bonds is 5. The summed E-state index contributed by atoms with van der Waals surface area (Å²) in [6.07, 6.45) is -4.36. The van der Waals surface area contributed by atoms with Crippen molar-refractivity contribution in [3.63, 3.8) is 0 Å². The van der Waals surface area contributed by atoms with Crippen molar-refractivity contribution in [3.05, 3.63) is 58.5 Å². The van der Waals surface area contributed by atoms with Gasteiger partial charge in [-0.25, -0.2) is 4.98 Å². The van der Waals surface area contributed by atoms with Gasteiger partial charge in [-0.05, 0) is 35.4 Å². The minimum atomic E-state index is -4.75. The number of aromatic nitrogens is 2. The van der Waals surface area contributed by atoms with Crippen LogP contribution in [0.3, 0.4) is 0 Å². The number of carbonyl (C=O) groups excluding carboxylic acids is 1. The number of halogens is 3. The molecule has 0 aliphatic rings. The molecule has 0 spiro atoms. The first-order valence-electron chi connectivity index (χ1n) is 8.74. The van der Waals surface area contributed by atoms with E-state index >= 15 is 0 Å². The van der Waals surface area contributed by atoms with Crippen LogP contribution in [-0.4, -0.2) is 28.9 Å². The van der Waals surface area contributed by atoms with Crippen LogP contribution in [-0.2, 0) is 18.3 Å². The maximum absolute atomic E-state index is 12.6. The summed E-state index contributed by atoms with van der Waals surface area (Å²) in [6, 6.07) is 10.7. The molecule has 0 aliphatic heterocycles.